The molecule has 0 fully saturated rings. The summed E-state index contributed by atoms with van der Waals surface area (Å²) < 4.78 is 2.00. The van der Waals surface area contributed by atoms with E-state index in [1.165, 1.54) is 0 Å². The zero-order valence-electron chi connectivity index (χ0n) is 5.13. The van der Waals surface area contributed by atoms with Crippen LogP contribution in [0.25, 0.3) is 0 Å². The van der Waals surface area contributed by atoms with Crippen molar-refractivity contribution in [3.63, 3.8) is 0 Å². The van der Waals surface area contributed by atoms with Crippen LogP contribution in [0.3, 0.4) is 0 Å². The molecule has 0 atom stereocenters. The van der Waals surface area contributed by atoms with Crippen molar-refractivity contribution in [3.05, 3.63) is 12.7 Å². The van der Waals surface area contributed by atoms with Gasteiger partial charge >= 0.3 is 0 Å². The van der Waals surface area contributed by atoms with Gasteiger partial charge in [0.05, 0.1) is 6.04 Å². The van der Waals surface area contributed by atoms with E-state index in [4.69, 9.17) is 0 Å². The lowest BCUT2D eigenvalue weighted by molar-refractivity contribution is -0.716. The molecule has 0 unspecified atom stereocenters. The third-order valence-electron chi connectivity index (χ3n) is 1.07. The van der Waals surface area contributed by atoms with Gasteiger partial charge in [0.1, 0.15) is 0 Å². The van der Waals surface area contributed by atoms with Crippen LogP contribution in [-0.4, -0.2) is 10.2 Å². The first kappa shape index (κ1) is 5.28. The summed E-state index contributed by atoms with van der Waals surface area (Å²) in [5.41, 5.74) is 0. The third kappa shape index (κ3) is 0.857. The van der Waals surface area contributed by atoms with Crippen LogP contribution in [0, 0.1) is 0 Å². The Labute approximate surface area is 48.4 Å². The second-order valence-electron chi connectivity index (χ2n) is 2.04. The molecule has 0 bridgehead atoms. The number of hydrogen-bond acceptors (Lipinski definition) is 1. The quantitative estimate of drug-likeness (QED) is 0.520. The molecule has 0 aromatic carbocycles. The van der Waals surface area contributed by atoms with Gasteiger partial charge in [0, 0.05) is 5.10 Å². The van der Waals surface area contributed by atoms with Crippen molar-refractivity contribution in [2.24, 2.45) is 0 Å². The number of hydrogen-bond donors (Lipinski definition) is 1. The molecule has 1 heterocycles. The zero-order chi connectivity index (χ0) is 5.98. The van der Waals surface area contributed by atoms with E-state index in [0.717, 1.165) is 0 Å². The van der Waals surface area contributed by atoms with Gasteiger partial charge in [-0.2, -0.15) is 0 Å². The van der Waals surface area contributed by atoms with Crippen LogP contribution in [0.2, 0.25) is 0 Å². The smallest absolute Gasteiger partial charge is 0.235 e. The fraction of sp³-hybridized carbons (Fsp3) is 0.600. The molecule has 0 aliphatic heterocycles. The van der Waals surface area contributed by atoms with Gasteiger partial charge < -0.3 is 0 Å². The third-order valence-corrected chi connectivity index (χ3v) is 1.07. The lowest BCUT2D eigenvalue weighted by Crippen LogP contribution is -2.32. The average Bonchev–Trinajstić information content (AvgIpc) is 2.12. The number of aromatic amines is 1. The topological polar surface area (TPSA) is 32.6 Å². The fourth-order valence-corrected chi connectivity index (χ4v) is 0.516. The minimum atomic E-state index is 0.508. The van der Waals surface area contributed by atoms with Crippen molar-refractivity contribution in [2.45, 2.75) is 19.9 Å². The normalized spacial score (nSPS) is 10.4. The van der Waals surface area contributed by atoms with Crippen molar-refractivity contribution in [1.29, 1.82) is 0 Å². The van der Waals surface area contributed by atoms with Gasteiger partial charge in [-0.05, 0) is 13.8 Å². The van der Waals surface area contributed by atoms with Crippen molar-refractivity contribution in [3.8, 4) is 0 Å². The summed E-state index contributed by atoms with van der Waals surface area (Å²) in [5.74, 6) is 0. The number of nitrogens with one attached hydrogen (secondary N) is 1. The van der Waals surface area contributed by atoms with Gasteiger partial charge in [-0.1, -0.05) is 0 Å². The van der Waals surface area contributed by atoms with Crippen LogP contribution in [0.5, 0.6) is 0 Å². The van der Waals surface area contributed by atoms with Crippen LogP contribution in [0.1, 0.15) is 19.9 Å². The van der Waals surface area contributed by atoms with Crippen LogP contribution in [0.15, 0.2) is 12.7 Å². The highest BCUT2D eigenvalue weighted by Crippen LogP contribution is 1.84. The van der Waals surface area contributed by atoms with E-state index in [2.05, 4.69) is 24.0 Å². The first-order valence-corrected chi connectivity index (χ1v) is 2.70. The Bertz CT molecular complexity index is 143. The second-order valence-corrected chi connectivity index (χ2v) is 2.04. The highest BCUT2D eigenvalue weighted by molar-refractivity contribution is 4.34. The molecule has 1 N–H and O–H groups in total. The largest absolute Gasteiger partial charge is 0.265 e. The van der Waals surface area contributed by atoms with Crippen molar-refractivity contribution in [1.82, 2.24) is 10.2 Å². The summed E-state index contributed by atoms with van der Waals surface area (Å²) >= 11 is 0. The second kappa shape index (κ2) is 1.94. The molecular weight excluding hydrogens is 102 g/mol. The fourth-order valence-electron chi connectivity index (χ4n) is 0.516. The molecule has 0 amide bonds. The molecule has 1 rings (SSSR count). The first-order chi connectivity index (χ1) is 3.80. The first-order valence-electron chi connectivity index (χ1n) is 2.70. The number of aromatic nitrogens is 3. The van der Waals surface area contributed by atoms with E-state index in [0.29, 0.717) is 6.04 Å². The van der Waals surface area contributed by atoms with E-state index in [9.17, 15) is 0 Å². The number of H-pyrrole nitrogens is 1. The SMILES string of the molecule is CC(C)[n+]1cn[nH]c1. The Kier molecular flexibility index (Phi) is 1.28. The minimum Gasteiger partial charge on any atom is -0.235 e. The lowest BCUT2D eigenvalue weighted by Gasteiger charge is -1.94. The monoisotopic (exact) mass is 112 g/mol. The molecule has 0 aliphatic rings. The van der Waals surface area contributed by atoms with Crippen molar-refractivity contribution in [2.75, 3.05) is 0 Å². The summed E-state index contributed by atoms with van der Waals surface area (Å²) in [6, 6.07) is 0.508. The maximum atomic E-state index is 3.78. The highest BCUT2D eigenvalue weighted by atomic mass is 15.2. The summed E-state index contributed by atoms with van der Waals surface area (Å²) in [6.45, 7) is 4.21. The van der Waals surface area contributed by atoms with E-state index < -0.39 is 0 Å². The Morgan fingerprint density at radius 3 is 2.62 bits per heavy atom. The molecule has 44 valence electrons. The van der Waals surface area contributed by atoms with Crippen molar-refractivity contribution >= 4 is 0 Å². The lowest BCUT2D eigenvalue weighted by atomic mass is 10.4. The van der Waals surface area contributed by atoms with Gasteiger partial charge in [-0.15, -0.1) is 5.10 Å². The van der Waals surface area contributed by atoms with Crippen molar-refractivity contribution < 1.29 is 4.57 Å². The minimum absolute atomic E-state index is 0.508. The summed E-state index contributed by atoms with van der Waals surface area (Å²) in [5, 5.41) is 6.51. The molecule has 8 heavy (non-hydrogen) atoms. The highest BCUT2D eigenvalue weighted by Gasteiger charge is 1.99. The van der Waals surface area contributed by atoms with Gasteiger partial charge in [0.2, 0.25) is 6.33 Å². The molecule has 0 aliphatic carbocycles. The molecule has 1 aromatic heterocycles. The maximum absolute atomic E-state index is 3.78. The predicted octanol–water partition coefficient (Wildman–Crippen LogP) is 0.278. The molecule has 0 saturated carbocycles. The Hall–Kier alpha value is -0.860. The van der Waals surface area contributed by atoms with Crippen LogP contribution < -0.4 is 4.57 Å². The Morgan fingerprint density at radius 1 is 1.62 bits per heavy atom. The maximum Gasteiger partial charge on any atom is 0.265 e. The van der Waals surface area contributed by atoms with Gasteiger partial charge in [0.15, 0.2) is 0 Å². The van der Waals surface area contributed by atoms with Gasteiger partial charge in [-0.25, -0.2) is 4.57 Å². The molecule has 3 heteroatoms. The van der Waals surface area contributed by atoms with Crippen LogP contribution in [0.4, 0.5) is 0 Å². The Balaban J connectivity index is 2.77. The zero-order valence-corrected chi connectivity index (χ0v) is 5.13. The van der Waals surface area contributed by atoms with E-state index in [1.54, 1.807) is 6.33 Å². The van der Waals surface area contributed by atoms with E-state index in [1.807, 2.05) is 10.9 Å². The van der Waals surface area contributed by atoms with Crippen LogP contribution >= 0.6 is 0 Å². The molecule has 1 aromatic rings. The summed E-state index contributed by atoms with van der Waals surface area (Å²) in [6.07, 6.45) is 3.61. The molecule has 0 radical (unpaired) electrons. The molecule has 3 nitrogen and oxygen atoms in total. The summed E-state index contributed by atoms with van der Waals surface area (Å²) in [4.78, 5) is 0. The van der Waals surface area contributed by atoms with E-state index in [-0.39, 0.29) is 0 Å². The molecule has 0 spiro atoms. The van der Waals surface area contributed by atoms with Gasteiger partial charge in [0.25, 0.3) is 6.33 Å². The number of nitrogens with zero attached hydrogens (tertiary/aromatic N) is 2. The standard InChI is InChI=1S/C5H9N3/c1-5(2)8-3-6-7-4-8/h3-5H,1-2H3/p+1. The van der Waals surface area contributed by atoms with E-state index >= 15 is 0 Å². The Morgan fingerprint density at radius 2 is 2.38 bits per heavy atom. The average molecular weight is 112 g/mol. The van der Waals surface area contributed by atoms with Gasteiger partial charge in [-0.3, -0.25) is 0 Å². The van der Waals surface area contributed by atoms with Crippen LogP contribution in [-0.2, 0) is 0 Å². The molecule has 0 saturated heterocycles. The number of rotatable bonds is 1. The predicted molar refractivity (Wildman–Crippen MR) is 29.2 cm³/mol. The summed E-state index contributed by atoms with van der Waals surface area (Å²) in [7, 11) is 0. The molecular formula is C5H10N3+.